The Kier molecular flexibility index (Phi) is 9.82. The Bertz CT molecular complexity index is 737. The molecule has 1 aliphatic carbocycles. The van der Waals surface area contributed by atoms with E-state index in [1.165, 1.54) is 32.1 Å². The summed E-state index contributed by atoms with van der Waals surface area (Å²) in [5.41, 5.74) is 1.00. The lowest BCUT2D eigenvalue weighted by Crippen LogP contribution is -2.35. The van der Waals surface area contributed by atoms with Gasteiger partial charge in [-0.25, -0.2) is 4.79 Å². The normalized spacial score (nSPS) is 14.5. The molecule has 0 atom stereocenters. The Balaban J connectivity index is 1.72. The molecule has 2 rings (SSSR count). The van der Waals surface area contributed by atoms with Crippen LogP contribution in [-0.4, -0.2) is 30.1 Å². The van der Waals surface area contributed by atoms with Crippen LogP contribution in [0.3, 0.4) is 0 Å². The second-order valence-corrected chi connectivity index (χ2v) is 9.20. The van der Waals surface area contributed by atoms with Crippen molar-refractivity contribution in [2.45, 2.75) is 84.3 Å². The minimum Gasteiger partial charge on any atom is -0.444 e. The number of rotatable bonds is 9. The van der Waals surface area contributed by atoms with Crippen LogP contribution in [0.4, 0.5) is 10.5 Å². The van der Waals surface area contributed by atoms with Gasteiger partial charge >= 0.3 is 6.09 Å². The molecule has 7 nitrogen and oxygen atoms in total. The lowest BCUT2D eigenvalue weighted by molar-refractivity contribution is -0.121. The zero-order valence-corrected chi connectivity index (χ0v) is 19.1. The van der Waals surface area contributed by atoms with E-state index in [1.54, 1.807) is 20.8 Å². The molecule has 0 heterocycles. The van der Waals surface area contributed by atoms with E-state index in [2.05, 4.69) is 16.0 Å². The Labute approximate surface area is 185 Å². The van der Waals surface area contributed by atoms with E-state index in [-0.39, 0.29) is 24.8 Å². The standard InChI is InChI=1S/C24H37N3O4/c1-24(2,3)31-23(30)25-16-15-21(28)26-17-19-11-7-8-12-20(19)27-22(29)14-13-18-9-5-4-6-10-18/h7-8,11-12,18H,4-6,9-10,13-17H2,1-3H3,(H,25,30)(H,26,28)(H,27,29). The summed E-state index contributed by atoms with van der Waals surface area (Å²) in [6.07, 6.45) is 7.42. The number of ether oxygens (including phenoxy) is 1. The van der Waals surface area contributed by atoms with Crippen LogP contribution in [0.25, 0.3) is 0 Å². The van der Waals surface area contributed by atoms with E-state index in [0.717, 1.165) is 17.7 Å². The van der Waals surface area contributed by atoms with Gasteiger partial charge in [0.2, 0.25) is 11.8 Å². The van der Waals surface area contributed by atoms with Crippen LogP contribution in [-0.2, 0) is 20.9 Å². The lowest BCUT2D eigenvalue weighted by atomic mass is 9.86. The average molecular weight is 432 g/mol. The summed E-state index contributed by atoms with van der Waals surface area (Å²) < 4.78 is 5.14. The monoisotopic (exact) mass is 431 g/mol. The van der Waals surface area contributed by atoms with Gasteiger partial charge in [0.25, 0.3) is 0 Å². The predicted octanol–water partition coefficient (Wildman–Crippen LogP) is 4.52. The van der Waals surface area contributed by atoms with Crippen LogP contribution in [0.2, 0.25) is 0 Å². The molecule has 0 unspecified atom stereocenters. The van der Waals surface area contributed by atoms with Gasteiger partial charge in [-0.2, -0.15) is 0 Å². The highest BCUT2D eigenvalue weighted by Gasteiger charge is 2.17. The summed E-state index contributed by atoms with van der Waals surface area (Å²) in [7, 11) is 0. The number of benzene rings is 1. The van der Waals surface area contributed by atoms with Crippen LogP contribution in [0.15, 0.2) is 24.3 Å². The van der Waals surface area contributed by atoms with Crippen molar-refractivity contribution < 1.29 is 19.1 Å². The van der Waals surface area contributed by atoms with Crippen LogP contribution in [0.1, 0.15) is 77.7 Å². The zero-order valence-electron chi connectivity index (χ0n) is 19.1. The first-order valence-electron chi connectivity index (χ1n) is 11.3. The zero-order chi connectivity index (χ0) is 22.7. The topological polar surface area (TPSA) is 96.5 Å². The average Bonchev–Trinajstić information content (AvgIpc) is 2.71. The number of para-hydroxylation sites is 1. The Morgan fingerprint density at radius 3 is 2.39 bits per heavy atom. The van der Waals surface area contributed by atoms with Gasteiger partial charge in [-0.15, -0.1) is 0 Å². The van der Waals surface area contributed by atoms with Crippen molar-refractivity contribution in [3.63, 3.8) is 0 Å². The van der Waals surface area contributed by atoms with Gasteiger partial charge in [0.05, 0.1) is 0 Å². The molecule has 0 saturated heterocycles. The van der Waals surface area contributed by atoms with Crippen LogP contribution >= 0.6 is 0 Å². The molecule has 0 spiro atoms. The van der Waals surface area contributed by atoms with Gasteiger partial charge in [-0.05, 0) is 44.7 Å². The molecule has 0 bridgehead atoms. The van der Waals surface area contributed by atoms with Crippen LogP contribution in [0, 0.1) is 5.92 Å². The number of anilines is 1. The van der Waals surface area contributed by atoms with Crippen molar-refractivity contribution in [3.05, 3.63) is 29.8 Å². The smallest absolute Gasteiger partial charge is 0.407 e. The van der Waals surface area contributed by atoms with Crippen molar-refractivity contribution in [2.24, 2.45) is 5.92 Å². The maximum Gasteiger partial charge on any atom is 0.407 e. The van der Waals surface area contributed by atoms with Gasteiger partial charge in [-0.1, -0.05) is 50.3 Å². The minimum atomic E-state index is -0.573. The fourth-order valence-corrected chi connectivity index (χ4v) is 3.69. The number of amides is 3. The Hall–Kier alpha value is -2.57. The predicted molar refractivity (Wildman–Crippen MR) is 122 cm³/mol. The summed E-state index contributed by atoms with van der Waals surface area (Å²) in [5.74, 6) is 0.503. The lowest BCUT2D eigenvalue weighted by Gasteiger charge is -2.21. The summed E-state index contributed by atoms with van der Waals surface area (Å²) in [6.45, 7) is 5.85. The third-order valence-electron chi connectivity index (χ3n) is 5.29. The van der Waals surface area contributed by atoms with Crippen molar-refractivity contribution in [2.75, 3.05) is 11.9 Å². The fraction of sp³-hybridized carbons (Fsp3) is 0.625. The molecule has 7 heteroatoms. The molecule has 1 aromatic carbocycles. The highest BCUT2D eigenvalue weighted by molar-refractivity contribution is 5.91. The van der Waals surface area contributed by atoms with Crippen molar-refractivity contribution in [3.8, 4) is 0 Å². The maximum atomic E-state index is 12.4. The number of carbonyl (C=O) groups is 3. The first kappa shape index (κ1) is 24.7. The van der Waals surface area contributed by atoms with E-state index in [9.17, 15) is 14.4 Å². The molecule has 1 fully saturated rings. The highest BCUT2D eigenvalue weighted by atomic mass is 16.6. The Morgan fingerprint density at radius 1 is 0.968 bits per heavy atom. The molecule has 1 saturated carbocycles. The molecule has 1 aliphatic rings. The Morgan fingerprint density at radius 2 is 1.68 bits per heavy atom. The van der Waals surface area contributed by atoms with E-state index >= 15 is 0 Å². The number of alkyl carbamates (subject to hydrolysis) is 1. The fourth-order valence-electron chi connectivity index (χ4n) is 3.69. The van der Waals surface area contributed by atoms with Gasteiger partial charge in [-0.3, -0.25) is 9.59 Å². The molecular weight excluding hydrogens is 394 g/mol. The van der Waals surface area contributed by atoms with Gasteiger partial charge in [0.15, 0.2) is 0 Å². The van der Waals surface area contributed by atoms with Crippen LogP contribution in [0.5, 0.6) is 0 Å². The van der Waals surface area contributed by atoms with Crippen molar-refractivity contribution in [1.29, 1.82) is 0 Å². The number of hydrogen-bond donors (Lipinski definition) is 3. The SMILES string of the molecule is CC(C)(C)OC(=O)NCCC(=O)NCc1ccccc1NC(=O)CCC1CCCCC1. The summed E-state index contributed by atoms with van der Waals surface area (Å²) in [5, 5.41) is 8.39. The molecule has 31 heavy (non-hydrogen) atoms. The van der Waals surface area contributed by atoms with Crippen molar-refractivity contribution in [1.82, 2.24) is 10.6 Å². The second kappa shape index (κ2) is 12.3. The first-order valence-corrected chi connectivity index (χ1v) is 11.3. The molecule has 1 aromatic rings. The van der Waals surface area contributed by atoms with Gasteiger partial charge < -0.3 is 20.7 Å². The maximum absolute atomic E-state index is 12.4. The van der Waals surface area contributed by atoms with E-state index < -0.39 is 11.7 Å². The second-order valence-electron chi connectivity index (χ2n) is 9.20. The molecular formula is C24H37N3O4. The highest BCUT2D eigenvalue weighted by Crippen LogP contribution is 2.27. The molecule has 3 N–H and O–H groups in total. The molecule has 0 aliphatic heterocycles. The number of hydrogen-bond acceptors (Lipinski definition) is 4. The largest absolute Gasteiger partial charge is 0.444 e. The molecule has 0 radical (unpaired) electrons. The molecule has 0 aromatic heterocycles. The number of carbonyl (C=O) groups excluding carboxylic acids is 3. The molecule has 172 valence electrons. The minimum absolute atomic E-state index is 0.0194. The quantitative estimate of drug-likeness (QED) is 0.536. The third kappa shape index (κ3) is 10.3. The van der Waals surface area contributed by atoms with E-state index in [4.69, 9.17) is 4.74 Å². The van der Waals surface area contributed by atoms with E-state index in [1.807, 2.05) is 24.3 Å². The molecule has 3 amide bonds. The first-order chi connectivity index (χ1) is 14.7. The van der Waals surface area contributed by atoms with Crippen LogP contribution < -0.4 is 16.0 Å². The summed E-state index contributed by atoms with van der Waals surface area (Å²) >= 11 is 0. The summed E-state index contributed by atoms with van der Waals surface area (Å²) in [6, 6.07) is 7.48. The third-order valence-corrected chi connectivity index (χ3v) is 5.29. The summed E-state index contributed by atoms with van der Waals surface area (Å²) in [4.78, 5) is 36.1. The van der Waals surface area contributed by atoms with E-state index in [0.29, 0.717) is 18.9 Å². The van der Waals surface area contributed by atoms with Gasteiger partial charge in [0.1, 0.15) is 5.60 Å². The van der Waals surface area contributed by atoms with Crippen molar-refractivity contribution >= 4 is 23.6 Å². The number of nitrogens with one attached hydrogen (secondary N) is 3. The van der Waals surface area contributed by atoms with Gasteiger partial charge in [0, 0.05) is 31.6 Å².